The number of hydrogen-bond donors (Lipinski definition) is 2. The molecule has 4 rings (SSSR count). The van der Waals surface area contributed by atoms with Crippen molar-refractivity contribution in [1.82, 2.24) is 5.32 Å². The standard InChI is InChI=1S/C25H29N3O6/c1-32-17-9-10-22(33-2)21(13-17)28-15-16(12-23(28)29)24(30)27-20-8-4-3-7-19(20)25(31)26-14-18-6-5-11-34-18/h3-4,7-10,13,16,18H,5-6,11-12,14-15H2,1-2H3,(H,26,31)(H,27,30)/t16-,18-/m1/s1. The van der Waals surface area contributed by atoms with Gasteiger partial charge in [0.05, 0.1) is 43.2 Å². The van der Waals surface area contributed by atoms with E-state index in [1.54, 1.807) is 49.6 Å². The molecule has 2 heterocycles. The van der Waals surface area contributed by atoms with E-state index < -0.39 is 5.92 Å². The maximum absolute atomic E-state index is 13.1. The number of amides is 3. The van der Waals surface area contributed by atoms with Crippen molar-refractivity contribution in [3.05, 3.63) is 48.0 Å². The fraction of sp³-hybridized carbons (Fsp3) is 0.400. The number of benzene rings is 2. The number of methoxy groups -OCH3 is 2. The van der Waals surface area contributed by atoms with E-state index in [4.69, 9.17) is 14.2 Å². The molecule has 180 valence electrons. The van der Waals surface area contributed by atoms with Crippen LogP contribution in [0.1, 0.15) is 29.6 Å². The molecule has 2 aromatic carbocycles. The summed E-state index contributed by atoms with van der Waals surface area (Å²) in [5, 5.41) is 5.72. The van der Waals surface area contributed by atoms with E-state index in [9.17, 15) is 14.4 Å². The average molecular weight is 468 g/mol. The van der Waals surface area contributed by atoms with Gasteiger partial charge < -0.3 is 29.7 Å². The number of nitrogens with zero attached hydrogens (tertiary/aromatic N) is 1. The Morgan fingerprint density at radius 1 is 1.15 bits per heavy atom. The van der Waals surface area contributed by atoms with E-state index in [2.05, 4.69) is 10.6 Å². The summed E-state index contributed by atoms with van der Waals surface area (Å²) < 4.78 is 16.2. The third kappa shape index (κ3) is 5.14. The second-order valence-electron chi connectivity index (χ2n) is 8.32. The molecule has 34 heavy (non-hydrogen) atoms. The highest BCUT2D eigenvalue weighted by Gasteiger charge is 2.37. The molecule has 0 unspecified atom stereocenters. The molecule has 0 spiro atoms. The molecule has 0 aromatic heterocycles. The number of hydrogen-bond acceptors (Lipinski definition) is 6. The molecule has 3 amide bonds. The lowest BCUT2D eigenvalue weighted by molar-refractivity contribution is -0.122. The fourth-order valence-electron chi connectivity index (χ4n) is 4.26. The van der Waals surface area contributed by atoms with Gasteiger partial charge in [-0.05, 0) is 37.1 Å². The predicted octanol–water partition coefficient (Wildman–Crippen LogP) is 2.60. The van der Waals surface area contributed by atoms with Crippen LogP contribution in [-0.4, -0.2) is 57.7 Å². The molecule has 0 aliphatic carbocycles. The van der Waals surface area contributed by atoms with E-state index in [0.717, 1.165) is 12.8 Å². The Kier molecular flexibility index (Phi) is 7.32. The van der Waals surface area contributed by atoms with Crippen LogP contribution in [0.15, 0.2) is 42.5 Å². The average Bonchev–Trinajstić information content (AvgIpc) is 3.52. The zero-order valence-corrected chi connectivity index (χ0v) is 19.3. The van der Waals surface area contributed by atoms with Gasteiger partial charge in [-0.15, -0.1) is 0 Å². The minimum absolute atomic E-state index is 0.0230. The first-order chi connectivity index (χ1) is 16.5. The van der Waals surface area contributed by atoms with Crippen LogP contribution in [0.4, 0.5) is 11.4 Å². The summed E-state index contributed by atoms with van der Waals surface area (Å²) in [5.41, 5.74) is 1.32. The number of anilines is 2. The molecule has 0 bridgehead atoms. The second-order valence-corrected chi connectivity index (χ2v) is 8.32. The van der Waals surface area contributed by atoms with Crippen LogP contribution < -0.4 is 25.0 Å². The van der Waals surface area contributed by atoms with Gasteiger partial charge in [-0.2, -0.15) is 0 Å². The normalized spacial score (nSPS) is 19.7. The molecule has 0 saturated carbocycles. The van der Waals surface area contributed by atoms with Crippen LogP contribution in [0.2, 0.25) is 0 Å². The number of carbonyl (C=O) groups excluding carboxylic acids is 3. The van der Waals surface area contributed by atoms with Gasteiger partial charge in [0.2, 0.25) is 11.8 Å². The molecule has 9 heteroatoms. The summed E-state index contributed by atoms with van der Waals surface area (Å²) >= 11 is 0. The molecular formula is C25H29N3O6. The third-order valence-electron chi connectivity index (χ3n) is 6.12. The molecule has 2 saturated heterocycles. The molecule has 2 aliphatic heterocycles. The molecule has 2 aromatic rings. The van der Waals surface area contributed by atoms with E-state index >= 15 is 0 Å². The van der Waals surface area contributed by atoms with Crippen molar-refractivity contribution in [2.45, 2.75) is 25.4 Å². The van der Waals surface area contributed by atoms with Crippen LogP contribution in [0.5, 0.6) is 11.5 Å². The van der Waals surface area contributed by atoms with Crippen molar-refractivity contribution in [2.24, 2.45) is 5.92 Å². The highest BCUT2D eigenvalue weighted by Crippen LogP contribution is 2.36. The predicted molar refractivity (Wildman–Crippen MR) is 126 cm³/mol. The molecule has 0 radical (unpaired) electrons. The Hall–Kier alpha value is -3.59. The molecular weight excluding hydrogens is 438 g/mol. The van der Waals surface area contributed by atoms with E-state index in [1.165, 1.54) is 12.0 Å². The molecule has 2 aliphatic rings. The summed E-state index contributed by atoms with van der Waals surface area (Å²) in [4.78, 5) is 40.1. The number of para-hydroxylation sites is 1. The molecule has 2 N–H and O–H groups in total. The molecule has 2 fully saturated rings. The first-order valence-electron chi connectivity index (χ1n) is 11.3. The summed E-state index contributed by atoms with van der Waals surface area (Å²) in [7, 11) is 3.07. The van der Waals surface area contributed by atoms with Crippen molar-refractivity contribution >= 4 is 29.1 Å². The zero-order valence-electron chi connectivity index (χ0n) is 19.3. The van der Waals surface area contributed by atoms with Crippen molar-refractivity contribution in [1.29, 1.82) is 0 Å². The molecule has 9 nitrogen and oxygen atoms in total. The lowest BCUT2D eigenvalue weighted by atomic mass is 10.1. The topological polar surface area (TPSA) is 106 Å². The third-order valence-corrected chi connectivity index (χ3v) is 6.12. The van der Waals surface area contributed by atoms with Crippen LogP contribution in [0.25, 0.3) is 0 Å². The van der Waals surface area contributed by atoms with Gasteiger partial charge in [0.1, 0.15) is 11.5 Å². The Morgan fingerprint density at radius 3 is 2.71 bits per heavy atom. The van der Waals surface area contributed by atoms with Gasteiger partial charge in [-0.25, -0.2) is 0 Å². The zero-order chi connectivity index (χ0) is 24.1. The van der Waals surface area contributed by atoms with Crippen molar-refractivity contribution < 1.29 is 28.6 Å². The van der Waals surface area contributed by atoms with Gasteiger partial charge in [0.25, 0.3) is 5.91 Å². The highest BCUT2D eigenvalue weighted by atomic mass is 16.5. The molecule has 2 atom stereocenters. The maximum Gasteiger partial charge on any atom is 0.253 e. The van der Waals surface area contributed by atoms with Gasteiger partial charge in [-0.3, -0.25) is 14.4 Å². The van der Waals surface area contributed by atoms with Gasteiger partial charge in [-0.1, -0.05) is 12.1 Å². The lowest BCUT2D eigenvalue weighted by Crippen LogP contribution is -2.33. The summed E-state index contributed by atoms with van der Waals surface area (Å²) in [6.07, 6.45) is 1.99. The lowest BCUT2D eigenvalue weighted by Gasteiger charge is -2.20. The smallest absolute Gasteiger partial charge is 0.253 e. The van der Waals surface area contributed by atoms with Crippen molar-refractivity contribution in [3.63, 3.8) is 0 Å². The summed E-state index contributed by atoms with van der Waals surface area (Å²) in [5.74, 6) is -0.266. The summed E-state index contributed by atoms with van der Waals surface area (Å²) in [6.45, 7) is 1.34. The van der Waals surface area contributed by atoms with Crippen LogP contribution in [-0.2, 0) is 14.3 Å². The number of nitrogens with one attached hydrogen (secondary N) is 2. The fourth-order valence-corrected chi connectivity index (χ4v) is 4.26. The van der Waals surface area contributed by atoms with Gasteiger partial charge in [0, 0.05) is 32.2 Å². The van der Waals surface area contributed by atoms with Gasteiger partial charge in [0.15, 0.2) is 0 Å². The van der Waals surface area contributed by atoms with E-state index in [0.29, 0.717) is 41.6 Å². The van der Waals surface area contributed by atoms with Crippen LogP contribution in [0, 0.1) is 5.92 Å². The highest BCUT2D eigenvalue weighted by molar-refractivity contribution is 6.07. The Balaban J connectivity index is 1.44. The first kappa shape index (κ1) is 23.6. The number of carbonyl (C=O) groups is 3. The Morgan fingerprint density at radius 2 is 1.97 bits per heavy atom. The van der Waals surface area contributed by atoms with E-state index in [1.807, 2.05) is 0 Å². The SMILES string of the molecule is COc1ccc(OC)c(N2C[C@H](C(=O)Nc3ccccc3C(=O)NC[C@H]3CCCO3)CC2=O)c1. The first-order valence-corrected chi connectivity index (χ1v) is 11.3. The Labute approximate surface area is 198 Å². The minimum Gasteiger partial charge on any atom is -0.497 e. The van der Waals surface area contributed by atoms with Crippen molar-refractivity contribution in [3.8, 4) is 11.5 Å². The van der Waals surface area contributed by atoms with E-state index in [-0.39, 0.29) is 36.8 Å². The monoisotopic (exact) mass is 467 g/mol. The van der Waals surface area contributed by atoms with Crippen molar-refractivity contribution in [2.75, 3.05) is 44.1 Å². The largest absolute Gasteiger partial charge is 0.497 e. The summed E-state index contributed by atoms with van der Waals surface area (Å²) in [6, 6.07) is 12.0. The quantitative estimate of drug-likeness (QED) is 0.618. The number of ether oxygens (including phenoxy) is 3. The number of rotatable bonds is 8. The van der Waals surface area contributed by atoms with Crippen LogP contribution in [0.3, 0.4) is 0 Å². The van der Waals surface area contributed by atoms with Crippen LogP contribution >= 0.6 is 0 Å². The van der Waals surface area contributed by atoms with Gasteiger partial charge >= 0.3 is 0 Å². The maximum atomic E-state index is 13.1. The second kappa shape index (κ2) is 10.6. The minimum atomic E-state index is -0.577. The Bertz CT molecular complexity index is 1070.